The topological polar surface area (TPSA) is 37.3 Å². The molecule has 0 unspecified atom stereocenters. The van der Waals surface area contributed by atoms with Crippen LogP contribution in [0, 0.1) is 0 Å². The SMILES string of the molecule is O=CO.[CH3][Mg][Cl]. The first-order valence-electron chi connectivity index (χ1n) is 1.47. The Bertz CT molecular complexity index is 25.5. The van der Waals surface area contributed by atoms with E-state index in [1.807, 2.05) is 5.05 Å². The van der Waals surface area contributed by atoms with Crippen LogP contribution in [-0.4, -0.2) is 30.8 Å². The molecule has 0 aromatic rings. The second kappa shape index (κ2) is 17.7. The van der Waals surface area contributed by atoms with Gasteiger partial charge in [0, 0.05) is 0 Å². The minimum atomic E-state index is -0.250. The molecule has 2 nitrogen and oxygen atoms in total. The first-order valence-corrected chi connectivity index (χ1v) is 5.02. The maximum absolute atomic E-state index is 8.36. The highest BCUT2D eigenvalue weighted by molar-refractivity contribution is 6.92. The zero-order chi connectivity index (χ0) is 5.41. The maximum atomic E-state index is 8.36. The zero-order valence-electron chi connectivity index (χ0n) is 3.52. The van der Waals surface area contributed by atoms with Gasteiger partial charge in [0.2, 0.25) is 0 Å². The third-order valence-corrected chi connectivity index (χ3v) is 0. The van der Waals surface area contributed by atoms with Gasteiger partial charge in [-0.25, -0.2) is 0 Å². The molecule has 0 atom stereocenters. The van der Waals surface area contributed by atoms with E-state index in [9.17, 15) is 0 Å². The van der Waals surface area contributed by atoms with Crippen molar-refractivity contribution >= 4 is 34.8 Å². The minimum Gasteiger partial charge on any atom is -0.483 e. The van der Waals surface area contributed by atoms with Crippen LogP contribution in [0.15, 0.2) is 0 Å². The van der Waals surface area contributed by atoms with Gasteiger partial charge >= 0.3 is 19.3 Å². The summed E-state index contributed by atoms with van der Waals surface area (Å²) in [7, 11) is 5.14. The van der Waals surface area contributed by atoms with Crippen LogP contribution >= 0.6 is 9.07 Å². The molecule has 0 aliphatic carbocycles. The third-order valence-electron chi connectivity index (χ3n) is 0. The lowest BCUT2D eigenvalue weighted by Gasteiger charge is -1.34. The van der Waals surface area contributed by atoms with Crippen molar-refractivity contribution in [3.05, 3.63) is 0 Å². The van der Waals surface area contributed by atoms with Crippen molar-refractivity contribution in [3.63, 3.8) is 0 Å². The van der Waals surface area contributed by atoms with E-state index >= 15 is 0 Å². The third kappa shape index (κ3) is 203. The summed E-state index contributed by atoms with van der Waals surface area (Å²) < 4.78 is 0. The Morgan fingerprint density at radius 2 is 2.00 bits per heavy atom. The van der Waals surface area contributed by atoms with Crippen LogP contribution in [0.2, 0.25) is 5.05 Å². The first kappa shape index (κ1) is 9.73. The van der Waals surface area contributed by atoms with E-state index in [4.69, 9.17) is 19.0 Å². The Morgan fingerprint density at radius 1 is 2.00 bits per heavy atom. The molecule has 0 amide bonds. The number of hydrogen-bond acceptors (Lipinski definition) is 1. The molecule has 0 fully saturated rings. The highest BCUT2D eigenvalue weighted by Crippen LogP contribution is 1.54. The molecular weight excluding hydrogens is 116 g/mol. The van der Waals surface area contributed by atoms with E-state index in [1.54, 1.807) is 0 Å². The van der Waals surface area contributed by atoms with E-state index in [2.05, 4.69) is 0 Å². The quantitative estimate of drug-likeness (QED) is 0.376. The average Bonchev–Trinajstić information content (AvgIpc) is 1.39. The summed E-state index contributed by atoms with van der Waals surface area (Å²) in [5.74, 6) is 0. The summed E-state index contributed by atoms with van der Waals surface area (Å²) >= 11 is -0.111. The molecule has 0 aliphatic rings. The maximum Gasteiger partial charge on any atom is 0.497 e. The van der Waals surface area contributed by atoms with Gasteiger partial charge < -0.3 is 14.2 Å². The van der Waals surface area contributed by atoms with Gasteiger partial charge in [-0.05, 0) is 0 Å². The molecule has 0 rings (SSSR count). The molecule has 6 heavy (non-hydrogen) atoms. The fourth-order valence-corrected chi connectivity index (χ4v) is 0. The smallest absolute Gasteiger partial charge is 0.483 e. The predicted octanol–water partition coefficient (Wildman–Crippen LogP) is 0.593. The Labute approximate surface area is 50.0 Å². The normalized spacial score (nSPS) is 3.67. The Hall–Kier alpha value is 0.526. The summed E-state index contributed by atoms with van der Waals surface area (Å²) in [5, 5.41) is 8.92. The van der Waals surface area contributed by atoms with Gasteiger partial charge in [-0.2, -0.15) is 0 Å². The van der Waals surface area contributed by atoms with Crippen molar-refractivity contribution in [2.75, 3.05) is 0 Å². The number of hydrogen-bond donors (Lipinski definition) is 1. The van der Waals surface area contributed by atoms with Crippen molar-refractivity contribution in [1.82, 2.24) is 0 Å². The number of rotatable bonds is 0. The molecule has 0 spiro atoms. The second-order valence-electron chi connectivity index (χ2n) is 0.373. The van der Waals surface area contributed by atoms with E-state index in [0.29, 0.717) is 0 Å². The van der Waals surface area contributed by atoms with Crippen LogP contribution in [-0.2, 0) is 4.79 Å². The van der Waals surface area contributed by atoms with Crippen molar-refractivity contribution in [2.45, 2.75) is 5.05 Å². The summed E-state index contributed by atoms with van der Waals surface area (Å²) in [6.07, 6.45) is 0. The van der Waals surface area contributed by atoms with Crippen molar-refractivity contribution in [1.29, 1.82) is 0 Å². The summed E-state index contributed by atoms with van der Waals surface area (Å²) in [5.41, 5.74) is 0. The molecule has 0 saturated carbocycles. The van der Waals surface area contributed by atoms with Crippen LogP contribution in [0.25, 0.3) is 0 Å². The van der Waals surface area contributed by atoms with Gasteiger partial charge in [0.05, 0.1) is 0 Å². The molecule has 0 bridgehead atoms. The number of halogens is 1. The van der Waals surface area contributed by atoms with E-state index in [-0.39, 0.29) is 25.7 Å². The van der Waals surface area contributed by atoms with Crippen molar-refractivity contribution < 1.29 is 9.90 Å². The van der Waals surface area contributed by atoms with E-state index < -0.39 is 0 Å². The number of carboxylic acid groups (broad SMARTS) is 1. The lowest BCUT2D eigenvalue weighted by molar-refractivity contribution is -0.122. The molecular formula is C2H5ClMgO2. The predicted molar refractivity (Wildman–Crippen MR) is 26.2 cm³/mol. The molecule has 34 valence electrons. The van der Waals surface area contributed by atoms with Crippen LogP contribution in [0.5, 0.6) is 0 Å². The Balaban J connectivity index is 0. The van der Waals surface area contributed by atoms with Crippen LogP contribution in [0.3, 0.4) is 0 Å². The summed E-state index contributed by atoms with van der Waals surface area (Å²) in [6, 6.07) is 0. The Morgan fingerprint density at radius 3 is 2.00 bits per heavy atom. The van der Waals surface area contributed by atoms with Crippen LogP contribution in [0.4, 0.5) is 0 Å². The fraction of sp³-hybridized carbons (Fsp3) is 0.500. The van der Waals surface area contributed by atoms with Crippen LogP contribution < -0.4 is 0 Å². The summed E-state index contributed by atoms with van der Waals surface area (Å²) in [4.78, 5) is 8.36. The van der Waals surface area contributed by atoms with Gasteiger partial charge in [0.25, 0.3) is 6.47 Å². The standard InChI is InChI=1S/CH2O2.CH3.ClH.Mg/c2-1-3;;;/h1H,(H,2,3);1H3;1H;/q;;;+1/p-1. The van der Waals surface area contributed by atoms with Gasteiger partial charge in [-0.3, -0.25) is 4.79 Å². The fourth-order valence-electron chi connectivity index (χ4n) is 0. The molecule has 0 heterocycles. The summed E-state index contributed by atoms with van der Waals surface area (Å²) in [6.45, 7) is -0.250. The molecule has 0 aromatic carbocycles. The Kier molecular flexibility index (Phi) is 28.8. The monoisotopic (exact) mass is 120 g/mol. The lowest BCUT2D eigenvalue weighted by atomic mass is 11.7. The molecule has 4 heteroatoms. The lowest BCUT2D eigenvalue weighted by Crippen LogP contribution is -1.49. The van der Waals surface area contributed by atoms with E-state index in [0.717, 1.165) is 0 Å². The van der Waals surface area contributed by atoms with Gasteiger partial charge in [0.15, 0.2) is 0 Å². The van der Waals surface area contributed by atoms with Crippen LogP contribution in [0.1, 0.15) is 0 Å². The highest BCUT2D eigenvalue weighted by Gasteiger charge is 1.59. The average molecular weight is 121 g/mol. The molecule has 1 N–H and O–H groups in total. The molecule has 0 aromatic heterocycles. The first-order chi connectivity index (χ1) is 2.83. The van der Waals surface area contributed by atoms with Gasteiger partial charge in [-0.1, -0.05) is 0 Å². The molecule has 0 saturated heterocycles. The molecule has 0 aliphatic heterocycles. The van der Waals surface area contributed by atoms with Gasteiger partial charge in [0.1, 0.15) is 0 Å². The second-order valence-corrected chi connectivity index (χ2v) is 2.51. The minimum absolute atomic E-state index is 0.111. The van der Waals surface area contributed by atoms with E-state index in [1.165, 1.54) is 0 Å². The van der Waals surface area contributed by atoms with Gasteiger partial charge in [-0.15, -0.1) is 5.05 Å². The van der Waals surface area contributed by atoms with Crippen molar-refractivity contribution in [3.8, 4) is 0 Å². The largest absolute Gasteiger partial charge is 0.497 e. The zero-order valence-corrected chi connectivity index (χ0v) is 5.69. The van der Waals surface area contributed by atoms with Crippen molar-refractivity contribution in [2.24, 2.45) is 0 Å². The number of carbonyl (C=O) groups is 1. The molecule has 0 radical (unpaired) electrons. The highest BCUT2D eigenvalue weighted by atomic mass is 35.5.